The second-order valence-electron chi connectivity index (χ2n) is 31.7. The Kier molecular flexibility index (Phi) is 17.6. The van der Waals surface area contributed by atoms with Crippen molar-refractivity contribution in [3.05, 3.63) is 364 Å². The standard InChI is InChI=1S/C102H84B2N4O5/c1-99(2)100(3,4)111-103(110-99)78-62-77(70-33-16-10-17-34-70)63-84(65-78)107(92-47-26-24-43-87(92)73-35-18-11-19-36-73)93-48-29-45-90-88-60-55-76(64-95(88)108(97(90)93)81-41-22-13-23-42-81)75-38-28-37-74(61-75)72-53-58-83(59-54-72)106(94-49-30-46-91-89-44-25-27-50-96(89)109-98(91)94)86-67-79(104-112-101(5,6)102(7,8)113-104)66-85(68-86)105(80-39-20-12-21-40-80)82-56-51-71(52-57-82)69-31-14-9-15-32-69/h9-68H,1-8H3. The maximum atomic E-state index is 7.00. The van der Waals surface area contributed by atoms with Gasteiger partial charge in [-0.3, -0.25) is 0 Å². The Morgan fingerprint density at radius 1 is 0.257 bits per heavy atom. The molecule has 113 heavy (non-hydrogen) atoms. The summed E-state index contributed by atoms with van der Waals surface area (Å²) >= 11 is 0. The van der Waals surface area contributed by atoms with Gasteiger partial charge in [-0.05, 0) is 232 Å². The molecule has 2 aliphatic heterocycles. The Morgan fingerprint density at radius 2 is 0.673 bits per heavy atom. The number of nitrogens with zero attached hydrogens (tertiary/aromatic N) is 4. The maximum Gasteiger partial charge on any atom is 0.494 e. The summed E-state index contributed by atoms with van der Waals surface area (Å²) in [7, 11) is -1.31. The van der Waals surface area contributed by atoms with Crippen molar-refractivity contribution in [2.24, 2.45) is 0 Å². The van der Waals surface area contributed by atoms with Crippen LogP contribution in [-0.4, -0.2) is 41.2 Å². The molecule has 0 bridgehead atoms. The molecule has 548 valence electrons. The second-order valence-corrected chi connectivity index (χ2v) is 31.7. The number of fused-ring (bicyclic) bond motifs is 6. The van der Waals surface area contributed by atoms with Crippen LogP contribution in [0.25, 0.3) is 105 Å². The molecular formula is C102H84B2N4O5. The molecule has 2 aromatic heterocycles. The third kappa shape index (κ3) is 12.9. The van der Waals surface area contributed by atoms with E-state index in [0.29, 0.717) is 0 Å². The van der Waals surface area contributed by atoms with Crippen LogP contribution in [0.2, 0.25) is 0 Å². The van der Waals surface area contributed by atoms with E-state index in [1.54, 1.807) is 0 Å². The van der Waals surface area contributed by atoms with E-state index in [1.165, 1.54) is 0 Å². The molecule has 0 atom stereocenters. The number of aromatic nitrogens is 1. The van der Waals surface area contributed by atoms with Crippen LogP contribution in [0.3, 0.4) is 0 Å². The number of hydrogen-bond donors (Lipinski definition) is 0. The topological polar surface area (TPSA) is 64.7 Å². The van der Waals surface area contributed by atoms with Gasteiger partial charge in [0.15, 0.2) is 5.58 Å². The van der Waals surface area contributed by atoms with E-state index in [1.807, 2.05) is 6.07 Å². The van der Waals surface area contributed by atoms with Gasteiger partial charge in [0, 0.05) is 66.9 Å². The molecule has 0 N–H and O–H groups in total. The largest absolute Gasteiger partial charge is 0.494 e. The summed E-state index contributed by atoms with van der Waals surface area (Å²) in [5.41, 5.74) is 23.8. The summed E-state index contributed by atoms with van der Waals surface area (Å²) in [6.45, 7) is 16.9. The van der Waals surface area contributed by atoms with Gasteiger partial charge >= 0.3 is 14.2 Å². The van der Waals surface area contributed by atoms with Crippen LogP contribution < -0.4 is 25.6 Å². The van der Waals surface area contributed by atoms with Gasteiger partial charge in [0.25, 0.3) is 0 Å². The quantitative estimate of drug-likeness (QED) is 0.0836. The Labute approximate surface area is 661 Å². The molecule has 11 heteroatoms. The molecule has 0 unspecified atom stereocenters. The molecule has 2 saturated heterocycles. The monoisotopic (exact) mass is 1470 g/mol. The molecular weight excluding hydrogens is 1380 g/mol. The number of furan rings is 1. The van der Waals surface area contributed by atoms with Gasteiger partial charge in [-0.25, -0.2) is 0 Å². The fraction of sp³-hybridized carbons (Fsp3) is 0.118. The van der Waals surface area contributed by atoms with Crippen molar-refractivity contribution in [3.63, 3.8) is 0 Å². The normalized spacial score (nSPS) is 14.8. The van der Waals surface area contributed by atoms with E-state index < -0.39 is 36.6 Å². The highest BCUT2D eigenvalue weighted by molar-refractivity contribution is 6.63. The highest BCUT2D eigenvalue weighted by atomic mass is 16.7. The van der Waals surface area contributed by atoms with Gasteiger partial charge in [0.2, 0.25) is 0 Å². The number of hydrogen-bond acceptors (Lipinski definition) is 8. The van der Waals surface area contributed by atoms with Gasteiger partial charge in [-0.2, -0.15) is 0 Å². The van der Waals surface area contributed by atoms with Crippen molar-refractivity contribution >= 4 is 120 Å². The highest BCUT2D eigenvalue weighted by Crippen LogP contribution is 2.51. The highest BCUT2D eigenvalue weighted by Gasteiger charge is 2.53. The molecule has 19 rings (SSSR count). The third-order valence-electron chi connectivity index (χ3n) is 23.6. The van der Waals surface area contributed by atoms with E-state index in [2.05, 4.69) is 433 Å². The molecule has 15 aromatic carbocycles. The lowest BCUT2D eigenvalue weighted by molar-refractivity contribution is 0.00578. The van der Waals surface area contributed by atoms with E-state index >= 15 is 0 Å². The first-order valence-corrected chi connectivity index (χ1v) is 39.0. The molecule has 2 aliphatic rings. The van der Waals surface area contributed by atoms with Crippen molar-refractivity contribution in [3.8, 4) is 61.3 Å². The zero-order valence-corrected chi connectivity index (χ0v) is 64.6. The molecule has 17 aromatic rings. The van der Waals surface area contributed by atoms with Crippen LogP contribution >= 0.6 is 0 Å². The summed E-state index contributed by atoms with van der Waals surface area (Å²) in [4.78, 5) is 7.12. The summed E-state index contributed by atoms with van der Waals surface area (Å²) in [6, 6.07) is 131. The fourth-order valence-corrected chi connectivity index (χ4v) is 16.3. The molecule has 0 amide bonds. The summed E-state index contributed by atoms with van der Waals surface area (Å²) in [5.74, 6) is 0. The Hall–Kier alpha value is -12.7. The van der Waals surface area contributed by atoms with E-state index in [0.717, 1.165) is 167 Å². The average molecular weight is 1470 g/mol. The molecule has 4 heterocycles. The van der Waals surface area contributed by atoms with Crippen LogP contribution in [0, 0.1) is 0 Å². The molecule has 0 spiro atoms. The molecule has 9 nitrogen and oxygen atoms in total. The minimum atomic E-state index is -0.689. The van der Waals surface area contributed by atoms with Crippen LogP contribution in [0.5, 0.6) is 0 Å². The molecule has 2 fully saturated rings. The number of anilines is 9. The number of rotatable bonds is 17. The first kappa shape index (κ1) is 70.6. The number of benzene rings is 15. The first-order valence-electron chi connectivity index (χ1n) is 39.0. The van der Waals surface area contributed by atoms with Gasteiger partial charge in [-0.15, -0.1) is 0 Å². The lowest BCUT2D eigenvalue weighted by atomic mass is 9.77. The van der Waals surface area contributed by atoms with Crippen LogP contribution in [0.1, 0.15) is 55.4 Å². The zero-order chi connectivity index (χ0) is 76.7. The first-order chi connectivity index (χ1) is 55.0. The Balaban J connectivity index is 0.752. The molecule has 0 aliphatic carbocycles. The summed E-state index contributed by atoms with van der Waals surface area (Å²) in [6.07, 6.45) is 0. The molecule has 0 radical (unpaired) electrons. The molecule has 0 saturated carbocycles. The lowest BCUT2D eigenvalue weighted by Crippen LogP contribution is -2.41. The predicted molar refractivity (Wildman–Crippen MR) is 471 cm³/mol. The van der Waals surface area contributed by atoms with Gasteiger partial charge in [-0.1, -0.05) is 249 Å². The SMILES string of the molecule is CC1(C)OB(c2cc(N(c3ccccc3)c3ccc(-c4ccccc4)cc3)cc(N(c3ccc(-c4cccc(-c5ccc6c7cccc(N(c8cc(B9OC(C)(C)C(C)(C)O9)cc(-c9ccccc9)c8)c8ccccc8-c8ccccc8)c7n(-c7ccccc7)c6c5)c4)cc3)c3cccc4c3oc3ccccc34)c2)OC1(C)C. The van der Waals surface area contributed by atoms with Crippen molar-refractivity contribution in [2.75, 3.05) is 14.7 Å². The third-order valence-corrected chi connectivity index (χ3v) is 23.6. The second kappa shape index (κ2) is 28.2. The van der Waals surface area contributed by atoms with Crippen molar-refractivity contribution < 1.29 is 23.0 Å². The average Bonchev–Trinajstić information content (AvgIpc) is 1.59. The zero-order valence-electron chi connectivity index (χ0n) is 64.6. The van der Waals surface area contributed by atoms with Gasteiger partial charge < -0.3 is 42.3 Å². The van der Waals surface area contributed by atoms with E-state index in [4.69, 9.17) is 23.0 Å². The lowest BCUT2D eigenvalue weighted by Gasteiger charge is -2.32. The fourth-order valence-electron chi connectivity index (χ4n) is 16.3. The Bertz CT molecular complexity index is 6370. The van der Waals surface area contributed by atoms with Crippen molar-refractivity contribution in [2.45, 2.75) is 77.8 Å². The Morgan fingerprint density at radius 3 is 1.30 bits per heavy atom. The summed E-state index contributed by atoms with van der Waals surface area (Å²) < 4.78 is 37.3. The predicted octanol–water partition coefficient (Wildman–Crippen LogP) is 26.0. The maximum absolute atomic E-state index is 7.00. The smallest absolute Gasteiger partial charge is 0.454 e. The minimum Gasteiger partial charge on any atom is -0.454 e. The van der Waals surface area contributed by atoms with E-state index in [9.17, 15) is 0 Å². The van der Waals surface area contributed by atoms with Gasteiger partial charge in [0.05, 0.1) is 50.5 Å². The van der Waals surface area contributed by atoms with Gasteiger partial charge in [0.1, 0.15) is 5.58 Å². The van der Waals surface area contributed by atoms with Crippen LogP contribution in [0.15, 0.2) is 368 Å². The minimum absolute atomic E-state index is 0.559. The van der Waals surface area contributed by atoms with Crippen LogP contribution in [0.4, 0.5) is 51.2 Å². The summed E-state index contributed by atoms with van der Waals surface area (Å²) in [5, 5.41) is 4.33. The van der Waals surface area contributed by atoms with Crippen molar-refractivity contribution in [1.29, 1.82) is 0 Å². The number of para-hydroxylation sites is 6. The van der Waals surface area contributed by atoms with Crippen LogP contribution in [-0.2, 0) is 18.6 Å². The van der Waals surface area contributed by atoms with E-state index in [-0.39, 0.29) is 0 Å². The van der Waals surface area contributed by atoms with Crippen molar-refractivity contribution in [1.82, 2.24) is 4.57 Å².